The highest BCUT2D eigenvalue weighted by Gasteiger charge is 2.44. The minimum atomic E-state index is -1.49. The van der Waals surface area contributed by atoms with Crippen molar-refractivity contribution in [3.8, 4) is 0 Å². The average molecular weight is 322 g/mol. The van der Waals surface area contributed by atoms with Crippen molar-refractivity contribution in [1.82, 2.24) is 4.98 Å². The minimum absolute atomic E-state index is 0.517. The Morgan fingerprint density at radius 2 is 1.96 bits per heavy atom. The topological polar surface area (TPSA) is 128 Å². The van der Waals surface area contributed by atoms with Crippen molar-refractivity contribution in [3.63, 3.8) is 0 Å². The van der Waals surface area contributed by atoms with Crippen LogP contribution in [0.25, 0.3) is 10.9 Å². The number of benzene rings is 1. The third-order valence-electron chi connectivity index (χ3n) is 3.83. The largest absolute Gasteiger partial charge is 0.394 e. The molecule has 0 unspecified atom stereocenters. The molecule has 3 rings (SSSR count). The first-order valence-corrected chi connectivity index (χ1v) is 7.17. The van der Waals surface area contributed by atoms with Crippen molar-refractivity contribution in [2.45, 2.75) is 30.7 Å². The molecule has 1 aromatic carbocycles. The van der Waals surface area contributed by atoms with Gasteiger partial charge in [-0.3, -0.25) is 0 Å². The van der Waals surface area contributed by atoms with Gasteiger partial charge in [0.2, 0.25) is 0 Å². The van der Waals surface area contributed by atoms with Gasteiger partial charge >= 0.3 is 0 Å². The number of aromatic amines is 1. The smallest absolute Gasteiger partial charge is 0.256 e. The Morgan fingerprint density at radius 3 is 2.74 bits per heavy atom. The number of para-hydroxylation sites is 1. The molecule has 0 amide bonds. The maximum atomic E-state index is 9.83. The van der Waals surface area contributed by atoms with Crippen LogP contribution >= 0.6 is 0 Å². The van der Waals surface area contributed by atoms with Crippen LogP contribution < -0.4 is 0 Å². The third-order valence-corrected chi connectivity index (χ3v) is 3.83. The number of aliphatic hydroxyl groups excluding tert-OH is 4. The van der Waals surface area contributed by atoms with Crippen molar-refractivity contribution in [2.24, 2.45) is 5.16 Å². The van der Waals surface area contributed by atoms with Crippen molar-refractivity contribution < 1.29 is 30.0 Å². The fourth-order valence-electron chi connectivity index (χ4n) is 2.50. The van der Waals surface area contributed by atoms with E-state index in [4.69, 9.17) is 14.7 Å². The molecule has 1 aliphatic rings. The zero-order valence-corrected chi connectivity index (χ0v) is 12.1. The highest BCUT2D eigenvalue weighted by molar-refractivity contribution is 5.98. The quantitative estimate of drug-likeness (QED) is 0.375. The maximum absolute atomic E-state index is 9.83. The molecule has 8 nitrogen and oxygen atoms in total. The van der Waals surface area contributed by atoms with Crippen LogP contribution in [0.15, 0.2) is 35.6 Å². The molecule has 5 atom stereocenters. The van der Waals surface area contributed by atoms with E-state index in [1.165, 1.54) is 6.21 Å². The molecule has 2 heterocycles. The zero-order valence-electron chi connectivity index (χ0n) is 12.1. The number of rotatable bonds is 4. The van der Waals surface area contributed by atoms with Crippen molar-refractivity contribution in [2.75, 3.05) is 6.61 Å². The summed E-state index contributed by atoms with van der Waals surface area (Å²) < 4.78 is 5.18. The van der Waals surface area contributed by atoms with E-state index >= 15 is 0 Å². The fourth-order valence-corrected chi connectivity index (χ4v) is 2.50. The predicted molar refractivity (Wildman–Crippen MR) is 80.7 cm³/mol. The van der Waals surface area contributed by atoms with Crippen LogP contribution in [0.2, 0.25) is 0 Å². The highest BCUT2D eigenvalue weighted by atomic mass is 16.8. The lowest BCUT2D eigenvalue weighted by molar-refractivity contribution is -0.301. The molecule has 1 fully saturated rings. The van der Waals surface area contributed by atoms with E-state index in [2.05, 4.69) is 10.1 Å². The number of H-pyrrole nitrogens is 1. The van der Waals surface area contributed by atoms with Gasteiger partial charge in [-0.15, -0.1) is 0 Å². The Morgan fingerprint density at radius 1 is 1.17 bits per heavy atom. The van der Waals surface area contributed by atoms with E-state index < -0.39 is 37.3 Å². The Bertz CT molecular complexity index is 685. The lowest BCUT2D eigenvalue weighted by atomic mass is 9.99. The molecular formula is C15H18N2O6. The fraction of sp³-hybridized carbons (Fsp3) is 0.400. The zero-order chi connectivity index (χ0) is 16.4. The van der Waals surface area contributed by atoms with E-state index in [0.29, 0.717) is 0 Å². The Hall–Kier alpha value is -1.97. The van der Waals surface area contributed by atoms with Crippen LogP contribution in [0.1, 0.15) is 5.56 Å². The Balaban J connectivity index is 1.69. The van der Waals surface area contributed by atoms with E-state index in [1.54, 1.807) is 6.20 Å². The number of oxime groups is 1. The molecule has 2 aromatic rings. The third kappa shape index (κ3) is 3.07. The molecule has 0 aliphatic carbocycles. The molecule has 0 spiro atoms. The first-order valence-electron chi connectivity index (χ1n) is 7.17. The average Bonchev–Trinajstić information content (AvgIpc) is 2.98. The van der Waals surface area contributed by atoms with Crippen LogP contribution in [-0.4, -0.2) is 68.9 Å². The van der Waals surface area contributed by atoms with Crippen LogP contribution in [0.5, 0.6) is 0 Å². The van der Waals surface area contributed by atoms with Crippen molar-refractivity contribution in [1.29, 1.82) is 0 Å². The number of hydrogen-bond acceptors (Lipinski definition) is 7. The van der Waals surface area contributed by atoms with Crippen LogP contribution in [0.3, 0.4) is 0 Å². The van der Waals surface area contributed by atoms with Gasteiger partial charge in [-0.25, -0.2) is 0 Å². The highest BCUT2D eigenvalue weighted by Crippen LogP contribution is 2.22. The van der Waals surface area contributed by atoms with Crippen LogP contribution in [-0.2, 0) is 9.57 Å². The van der Waals surface area contributed by atoms with Gasteiger partial charge in [0.05, 0.1) is 12.8 Å². The van der Waals surface area contributed by atoms with E-state index in [-0.39, 0.29) is 0 Å². The SMILES string of the molecule is OC[C@H]1O[C@@H](O/N=C/c2c[nH]c3ccccc23)[C@H](O)[C@@H](O)[C@H]1O. The first kappa shape index (κ1) is 15.9. The van der Waals surface area contributed by atoms with Crippen LogP contribution in [0.4, 0.5) is 0 Å². The van der Waals surface area contributed by atoms with Crippen molar-refractivity contribution >= 4 is 17.1 Å². The summed E-state index contributed by atoms with van der Waals surface area (Å²) in [6.45, 7) is -0.517. The summed E-state index contributed by atoms with van der Waals surface area (Å²) in [6.07, 6.45) is -3.51. The molecule has 1 aromatic heterocycles. The second-order valence-corrected chi connectivity index (χ2v) is 5.33. The van der Waals surface area contributed by atoms with Gasteiger partial charge in [0, 0.05) is 22.7 Å². The lowest BCUT2D eigenvalue weighted by Gasteiger charge is -2.38. The summed E-state index contributed by atoms with van der Waals surface area (Å²) in [5, 5.41) is 43.0. The summed E-state index contributed by atoms with van der Waals surface area (Å²) in [5.41, 5.74) is 1.73. The monoisotopic (exact) mass is 322 g/mol. The Kier molecular flexibility index (Phi) is 4.60. The molecule has 8 heteroatoms. The molecular weight excluding hydrogens is 304 g/mol. The van der Waals surface area contributed by atoms with E-state index in [0.717, 1.165) is 16.5 Å². The number of nitrogens with zero attached hydrogens (tertiary/aromatic N) is 1. The number of fused-ring (bicyclic) bond motifs is 1. The summed E-state index contributed by atoms with van der Waals surface area (Å²) in [6, 6.07) is 7.64. The van der Waals surface area contributed by atoms with Gasteiger partial charge in [0.1, 0.15) is 24.4 Å². The molecule has 0 bridgehead atoms. The van der Waals surface area contributed by atoms with Gasteiger partial charge in [-0.05, 0) is 6.07 Å². The summed E-state index contributed by atoms with van der Waals surface area (Å²) in [7, 11) is 0. The summed E-state index contributed by atoms with van der Waals surface area (Å²) in [4.78, 5) is 8.15. The molecule has 0 radical (unpaired) electrons. The molecule has 1 saturated heterocycles. The number of nitrogens with one attached hydrogen (secondary N) is 1. The number of aromatic nitrogens is 1. The molecule has 0 saturated carbocycles. The first-order chi connectivity index (χ1) is 11.1. The van der Waals surface area contributed by atoms with Gasteiger partial charge in [-0.1, -0.05) is 23.4 Å². The second-order valence-electron chi connectivity index (χ2n) is 5.33. The number of ether oxygens (including phenoxy) is 1. The summed E-state index contributed by atoms with van der Waals surface area (Å²) in [5.74, 6) is 0. The van der Waals surface area contributed by atoms with Gasteiger partial charge in [-0.2, -0.15) is 0 Å². The second kappa shape index (κ2) is 6.65. The molecule has 5 N–H and O–H groups in total. The lowest BCUT2D eigenvalue weighted by Crippen LogP contribution is -2.58. The van der Waals surface area contributed by atoms with Gasteiger partial charge < -0.3 is 35.0 Å². The predicted octanol–water partition coefficient (Wildman–Crippen LogP) is -0.682. The summed E-state index contributed by atoms with van der Waals surface area (Å²) >= 11 is 0. The molecule has 23 heavy (non-hydrogen) atoms. The van der Waals surface area contributed by atoms with E-state index in [9.17, 15) is 15.3 Å². The number of aliphatic hydroxyl groups is 4. The van der Waals surface area contributed by atoms with Crippen molar-refractivity contribution in [3.05, 3.63) is 36.0 Å². The Labute approximate surface area is 131 Å². The van der Waals surface area contributed by atoms with Gasteiger partial charge in [0.25, 0.3) is 6.29 Å². The molecule has 124 valence electrons. The maximum Gasteiger partial charge on any atom is 0.256 e. The minimum Gasteiger partial charge on any atom is -0.394 e. The van der Waals surface area contributed by atoms with Gasteiger partial charge in [0.15, 0.2) is 0 Å². The number of hydrogen-bond donors (Lipinski definition) is 5. The molecule has 1 aliphatic heterocycles. The standard InChI is InChI=1S/C15H18N2O6/c18-7-11-12(19)13(20)14(21)15(22-11)23-17-6-8-5-16-10-4-2-1-3-9(8)10/h1-6,11-16,18-21H,7H2/b17-6+/t11-,12+,13+,14-,15+/m1/s1. The normalized spacial score (nSPS) is 31.7. The van der Waals surface area contributed by atoms with E-state index in [1.807, 2.05) is 24.3 Å². The van der Waals surface area contributed by atoms with Crippen LogP contribution in [0, 0.1) is 0 Å².